The summed E-state index contributed by atoms with van der Waals surface area (Å²) in [5, 5.41) is 10.5. The molecule has 43 heavy (non-hydrogen) atoms. The predicted octanol–water partition coefficient (Wildman–Crippen LogP) is 9.34. The lowest BCUT2D eigenvalue weighted by Gasteiger charge is -2.48. The summed E-state index contributed by atoms with van der Waals surface area (Å²) in [4.78, 5) is 0. The van der Waals surface area contributed by atoms with Crippen molar-refractivity contribution in [3.63, 3.8) is 0 Å². The summed E-state index contributed by atoms with van der Waals surface area (Å²) in [6.45, 7) is 16.3. The largest absolute Gasteiger partial charge is 0.376 e. The minimum absolute atomic E-state index is 0.00961. The van der Waals surface area contributed by atoms with Gasteiger partial charge in [-0.15, -0.1) is 0 Å². The summed E-state index contributed by atoms with van der Waals surface area (Å²) >= 11 is 0. The molecule has 3 rings (SSSR count). The minimum Gasteiger partial charge on any atom is -0.376 e. The maximum absolute atomic E-state index is 10.5. The Balaban J connectivity index is 1.73. The van der Waals surface area contributed by atoms with Crippen LogP contribution in [0.4, 0.5) is 0 Å². The van der Waals surface area contributed by atoms with Gasteiger partial charge in [-0.3, -0.25) is 0 Å². The number of nitriles is 1. The summed E-state index contributed by atoms with van der Waals surface area (Å²) in [7, 11) is 0. The van der Waals surface area contributed by atoms with Gasteiger partial charge < -0.3 is 18.9 Å². The van der Waals surface area contributed by atoms with Crippen molar-refractivity contribution in [2.45, 2.75) is 117 Å². The van der Waals surface area contributed by atoms with Crippen LogP contribution in [0, 0.1) is 23.2 Å². The van der Waals surface area contributed by atoms with Crippen LogP contribution in [0.1, 0.15) is 91.7 Å². The average molecular weight is 588 g/mol. The molecule has 2 aromatic carbocycles. The number of hydrogen-bond donors (Lipinski definition) is 0. The van der Waals surface area contributed by atoms with E-state index in [-0.39, 0.29) is 24.0 Å². The Bertz CT molecular complexity index is 1200. The van der Waals surface area contributed by atoms with Crippen LogP contribution in [0.15, 0.2) is 84.0 Å². The first-order valence-electron chi connectivity index (χ1n) is 15.9. The molecule has 0 aromatic heterocycles. The van der Waals surface area contributed by atoms with E-state index in [1.165, 1.54) is 11.1 Å². The maximum Gasteiger partial charge on any atom is 0.165 e. The van der Waals surface area contributed by atoms with Gasteiger partial charge in [-0.05, 0) is 71.4 Å². The van der Waals surface area contributed by atoms with Gasteiger partial charge in [0, 0.05) is 18.3 Å². The van der Waals surface area contributed by atoms with Crippen LogP contribution in [0.2, 0.25) is 0 Å². The fraction of sp³-hybridized carbons (Fsp3) is 0.553. The Labute approximate surface area is 260 Å². The van der Waals surface area contributed by atoms with Crippen LogP contribution in [0.5, 0.6) is 0 Å². The van der Waals surface area contributed by atoms with Gasteiger partial charge in [0.2, 0.25) is 0 Å². The first-order valence-corrected chi connectivity index (χ1v) is 15.9. The molecule has 234 valence electrons. The van der Waals surface area contributed by atoms with Crippen LogP contribution < -0.4 is 0 Å². The van der Waals surface area contributed by atoms with E-state index in [9.17, 15) is 5.26 Å². The normalized spacial score (nSPS) is 22.9. The molecule has 1 aliphatic heterocycles. The van der Waals surface area contributed by atoms with Crippen molar-refractivity contribution >= 4 is 0 Å². The SMILES string of the molecule is C/C=C(\C)CC/C=C(\C)CC[C@]1(C#N)C[C@H]([C@@H](C)[C@@H](OCc2ccccc2)[C@@H](C)COCc2ccccc2)OC(C)(C)O1. The second kappa shape index (κ2) is 16.9. The van der Waals surface area contributed by atoms with Crippen molar-refractivity contribution < 1.29 is 18.9 Å². The summed E-state index contributed by atoms with van der Waals surface area (Å²) < 4.78 is 25.8. The molecule has 1 heterocycles. The molecular weight excluding hydrogens is 534 g/mol. The number of benzene rings is 2. The first-order chi connectivity index (χ1) is 20.6. The summed E-state index contributed by atoms with van der Waals surface area (Å²) in [6.07, 6.45) is 8.15. The molecule has 0 N–H and O–H groups in total. The molecule has 1 saturated heterocycles. The molecule has 1 fully saturated rings. The van der Waals surface area contributed by atoms with Crippen LogP contribution >= 0.6 is 0 Å². The topological polar surface area (TPSA) is 60.7 Å². The smallest absolute Gasteiger partial charge is 0.165 e. The van der Waals surface area contributed by atoms with E-state index in [0.29, 0.717) is 32.7 Å². The van der Waals surface area contributed by atoms with Gasteiger partial charge in [0.1, 0.15) is 0 Å². The van der Waals surface area contributed by atoms with E-state index in [1.807, 2.05) is 50.2 Å². The number of rotatable bonds is 16. The predicted molar refractivity (Wildman–Crippen MR) is 174 cm³/mol. The van der Waals surface area contributed by atoms with Crippen LogP contribution in [0.3, 0.4) is 0 Å². The fourth-order valence-corrected chi connectivity index (χ4v) is 5.87. The highest BCUT2D eigenvalue weighted by molar-refractivity contribution is 5.15. The molecule has 5 nitrogen and oxygen atoms in total. The van der Waals surface area contributed by atoms with Gasteiger partial charge in [-0.1, -0.05) is 97.8 Å². The zero-order chi connectivity index (χ0) is 31.3. The van der Waals surface area contributed by atoms with E-state index < -0.39 is 11.4 Å². The Morgan fingerprint density at radius 1 is 0.977 bits per heavy atom. The third kappa shape index (κ3) is 11.4. The second-order valence-electron chi connectivity index (χ2n) is 12.8. The highest BCUT2D eigenvalue weighted by Gasteiger charge is 2.49. The summed E-state index contributed by atoms with van der Waals surface area (Å²) in [5.41, 5.74) is 4.05. The summed E-state index contributed by atoms with van der Waals surface area (Å²) in [5.74, 6) is -0.764. The van der Waals surface area contributed by atoms with Gasteiger partial charge in [0.15, 0.2) is 11.4 Å². The van der Waals surface area contributed by atoms with Crippen molar-refractivity contribution in [3.8, 4) is 6.07 Å². The number of ether oxygens (including phenoxy) is 4. The van der Waals surface area contributed by atoms with Crippen molar-refractivity contribution in [1.29, 1.82) is 5.26 Å². The Hall–Kier alpha value is -2.75. The Morgan fingerprint density at radius 3 is 2.21 bits per heavy atom. The molecule has 0 radical (unpaired) electrons. The highest BCUT2D eigenvalue weighted by Crippen LogP contribution is 2.41. The fourth-order valence-electron chi connectivity index (χ4n) is 5.87. The zero-order valence-electron chi connectivity index (χ0n) is 27.5. The Kier molecular flexibility index (Phi) is 13.7. The molecule has 0 amide bonds. The second-order valence-corrected chi connectivity index (χ2v) is 12.8. The van der Waals surface area contributed by atoms with Gasteiger partial charge in [0.25, 0.3) is 0 Å². The standard InChI is InChI=1S/C38H53NO4/c1-8-29(2)16-15-17-30(3)22-23-38(28-39)24-35(42-37(6,7)43-38)32(5)36(41-27-34-20-13-10-14-21-34)31(4)25-40-26-33-18-11-9-12-19-33/h8-14,17-21,31-32,35-36H,15-16,22-27H2,1-7H3/b29-8+,30-17+/t31-,32+,35+,36-,38+/m0/s1. The van der Waals surface area contributed by atoms with Crippen molar-refractivity contribution in [2.24, 2.45) is 11.8 Å². The summed E-state index contributed by atoms with van der Waals surface area (Å²) in [6, 6.07) is 23.1. The van der Waals surface area contributed by atoms with E-state index >= 15 is 0 Å². The molecule has 0 saturated carbocycles. The van der Waals surface area contributed by atoms with Crippen LogP contribution in [0.25, 0.3) is 0 Å². The molecule has 0 unspecified atom stereocenters. The van der Waals surface area contributed by atoms with Crippen LogP contribution in [-0.2, 0) is 32.2 Å². The molecule has 1 aliphatic rings. The lowest BCUT2D eigenvalue weighted by atomic mass is 9.80. The van der Waals surface area contributed by atoms with Gasteiger partial charge in [-0.25, -0.2) is 0 Å². The molecule has 0 aliphatic carbocycles. The molecule has 5 atom stereocenters. The van der Waals surface area contributed by atoms with E-state index in [2.05, 4.69) is 77.1 Å². The van der Waals surface area contributed by atoms with Gasteiger partial charge >= 0.3 is 0 Å². The lowest BCUT2D eigenvalue weighted by molar-refractivity contribution is -0.332. The number of nitrogens with zero attached hydrogens (tertiary/aromatic N) is 1. The van der Waals surface area contributed by atoms with E-state index in [1.54, 1.807) is 0 Å². The lowest BCUT2D eigenvalue weighted by Crippen LogP contribution is -2.55. The molecular formula is C38H53NO4. The quantitative estimate of drug-likeness (QED) is 0.183. The highest BCUT2D eigenvalue weighted by atomic mass is 16.7. The zero-order valence-corrected chi connectivity index (χ0v) is 27.5. The Morgan fingerprint density at radius 2 is 1.60 bits per heavy atom. The first kappa shape index (κ1) is 34.7. The van der Waals surface area contributed by atoms with Crippen molar-refractivity contribution in [2.75, 3.05) is 6.61 Å². The minimum atomic E-state index is -0.925. The van der Waals surface area contributed by atoms with Gasteiger partial charge in [-0.2, -0.15) is 5.26 Å². The molecule has 5 heteroatoms. The van der Waals surface area contributed by atoms with Crippen LogP contribution in [-0.4, -0.2) is 30.2 Å². The van der Waals surface area contributed by atoms with Crippen molar-refractivity contribution in [3.05, 3.63) is 95.1 Å². The van der Waals surface area contributed by atoms with E-state index in [4.69, 9.17) is 18.9 Å². The number of hydrogen-bond acceptors (Lipinski definition) is 5. The van der Waals surface area contributed by atoms with Crippen molar-refractivity contribution in [1.82, 2.24) is 0 Å². The maximum atomic E-state index is 10.5. The third-order valence-corrected chi connectivity index (χ3v) is 8.50. The molecule has 2 aromatic rings. The van der Waals surface area contributed by atoms with E-state index in [0.717, 1.165) is 30.4 Å². The monoisotopic (exact) mass is 587 g/mol. The van der Waals surface area contributed by atoms with Gasteiger partial charge in [0.05, 0.1) is 38.1 Å². The molecule has 0 spiro atoms. The average Bonchev–Trinajstić information content (AvgIpc) is 3.00. The molecule has 0 bridgehead atoms. The number of allylic oxidation sites excluding steroid dienone is 4. The third-order valence-electron chi connectivity index (χ3n) is 8.50.